The lowest BCUT2D eigenvalue weighted by atomic mass is 9.68. The lowest BCUT2D eigenvalue weighted by molar-refractivity contribution is -0.123. The number of halogens is 5. The maximum Gasteiger partial charge on any atom is 0.310 e. The minimum Gasteiger partial charge on any atom is -0.388 e. The zero-order chi connectivity index (χ0) is 27.2. The van der Waals surface area contributed by atoms with Crippen molar-refractivity contribution in [1.29, 1.82) is 0 Å². The number of pyridine rings is 1. The van der Waals surface area contributed by atoms with Crippen molar-refractivity contribution >= 4 is 10.2 Å². The summed E-state index contributed by atoms with van der Waals surface area (Å²) in [5, 5.41) is 22.6. The van der Waals surface area contributed by atoms with Gasteiger partial charge < -0.3 is 19.7 Å². The van der Waals surface area contributed by atoms with Crippen molar-refractivity contribution < 1.29 is 39.1 Å². The van der Waals surface area contributed by atoms with Crippen LogP contribution in [0.3, 0.4) is 0 Å². The Morgan fingerprint density at radius 1 is 0.973 bits per heavy atom. The molecular formula is C26H32F5NO4S. The van der Waals surface area contributed by atoms with E-state index in [1.807, 2.05) is 27.7 Å². The topological polar surface area (TPSA) is 71.8 Å². The summed E-state index contributed by atoms with van der Waals surface area (Å²) in [6.07, 6.45) is -1.61. The lowest BCUT2D eigenvalue weighted by Gasteiger charge is -2.42. The molecule has 3 unspecified atom stereocenters. The summed E-state index contributed by atoms with van der Waals surface area (Å²) in [5.74, 6) is -0.154. The van der Waals surface area contributed by atoms with Gasteiger partial charge in [0.2, 0.25) is 0 Å². The zero-order valence-electron chi connectivity index (χ0n) is 21.1. The normalized spacial score (nSPS) is 28.5. The fourth-order valence-corrected chi connectivity index (χ4v) is 6.67. The van der Waals surface area contributed by atoms with Crippen LogP contribution in [-0.2, 0) is 15.1 Å². The highest BCUT2D eigenvalue weighted by Crippen LogP contribution is 3.02. The van der Waals surface area contributed by atoms with Gasteiger partial charge in [-0.2, -0.15) is 0 Å². The summed E-state index contributed by atoms with van der Waals surface area (Å²) in [6, 6.07) is 2.85. The molecule has 1 aliphatic carbocycles. The molecule has 1 aromatic carbocycles. The summed E-state index contributed by atoms with van der Waals surface area (Å²) >= 11 is 0. The number of aromatic nitrogens is 1. The van der Waals surface area contributed by atoms with Gasteiger partial charge in [0.25, 0.3) is 0 Å². The molecule has 2 N–H and O–H groups in total. The van der Waals surface area contributed by atoms with Crippen molar-refractivity contribution in [2.75, 3.05) is 13.2 Å². The molecule has 206 valence electrons. The van der Waals surface area contributed by atoms with Crippen LogP contribution in [0.15, 0.2) is 29.2 Å². The minimum absolute atomic E-state index is 0.154. The van der Waals surface area contributed by atoms with Crippen molar-refractivity contribution in [2.45, 2.75) is 81.7 Å². The van der Waals surface area contributed by atoms with Crippen molar-refractivity contribution in [1.82, 2.24) is 4.98 Å². The quantitative estimate of drug-likeness (QED) is 0.388. The Balaban J connectivity index is 1.76. The molecule has 2 aromatic rings. The van der Waals surface area contributed by atoms with Crippen LogP contribution in [0.5, 0.6) is 0 Å². The molecule has 3 atom stereocenters. The summed E-state index contributed by atoms with van der Waals surface area (Å²) in [6.45, 7) is 8.28. The van der Waals surface area contributed by atoms with E-state index in [0.717, 1.165) is 12.1 Å². The van der Waals surface area contributed by atoms with Gasteiger partial charge in [-0.1, -0.05) is 59.3 Å². The van der Waals surface area contributed by atoms with Crippen LogP contribution in [0.25, 0.3) is 0 Å². The predicted octanol–water partition coefficient (Wildman–Crippen LogP) is 7.48. The van der Waals surface area contributed by atoms with E-state index in [2.05, 4.69) is 0 Å². The van der Waals surface area contributed by atoms with Crippen LogP contribution in [0.4, 0.5) is 19.4 Å². The first-order valence-electron chi connectivity index (χ1n) is 12.4. The highest BCUT2D eigenvalue weighted by Gasteiger charge is 2.65. The number of hydrogen-bond acceptors (Lipinski definition) is 5. The van der Waals surface area contributed by atoms with Crippen LogP contribution in [-0.4, -0.2) is 28.4 Å². The number of hydrogen-bond donors (Lipinski definition) is 2. The molecule has 0 amide bonds. The van der Waals surface area contributed by atoms with Crippen LogP contribution in [0, 0.1) is 5.41 Å². The third-order valence-electron chi connectivity index (χ3n) is 7.92. The second-order valence-electron chi connectivity index (χ2n) is 11.5. The van der Waals surface area contributed by atoms with Crippen molar-refractivity contribution in [3.8, 4) is 0 Å². The molecule has 5 nitrogen and oxygen atoms in total. The van der Waals surface area contributed by atoms with Crippen LogP contribution in [0.1, 0.15) is 105 Å². The number of fused-ring (bicyclic) bond motifs is 4. The van der Waals surface area contributed by atoms with Gasteiger partial charge in [0.1, 0.15) is 17.1 Å². The van der Waals surface area contributed by atoms with Crippen LogP contribution < -0.4 is 0 Å². The zero-order valence-corrected chi connectivity index (χ0v) is 21.9. The molecule has 37 heavy (non-hydrogen) atoms. The molecule has 1 saturated heterocycles. The standard InChI is InChI=1S/C26H32F5NO4S/c1-14(2)21-19-20(18-17(33)13-25(3,4)24(34)22(18)32-21)26(9-11-35-12-10-26)36-23(19)15-5-7-16(8-6-15)37(27,28,29,30)31/h5-8,14,17,23-24,33-34H,9-13H2,1-4H3. The Kier molecular flexibility index (Phi) is 5.54. The maximum absolute atomic E-state index is 13.4. The molecule has 2 aliphatic heterocycles. The van der Waals surface area contributed by atoms with E-state index in [-0.39, 0.29) is 17.9 Å². The van der Waals surface area contributed by atoms with Gasteiger partial charge in [-0.15, -0.1) is 0 Å². The number of benzene rings is 1. The molecule has 3 aliphatic rings. The summed E-state index contributed by atoms with van der Waals surface area (Å²) in [7, 11) is -9.83. The fraction of sp³-hybridized carbons (Fsp3) is 0.577. The molecule has 5 rings (SSSR count). The lowest BCUT2D eigenvalue weighted by Crippen LogP contribution is -2.38. The Bertz CT molecular complexity index is 1240. The molecule has 1 spiro atoms. The molecule has 1 aromatic heterocycles. The molecule has 0 saturated carbocycles. The molecule has 1 fully saturated rings. The smallest absolute Gasteiger partial charge is 0.310 e. The number of rotatable bonds is 3. The predicted molar refractivity (Wildman–Crippen MR) is 129 cm³/mol. The molecule has 11 heteroatoms. The maximum atomic E-state index is 13.4. The Labute approximate surface area is 212 Å². The van der Waals surface area contributed by atoms with Crippen molar-refractivity contribution in [3.63, 3.8) is 0 Å². The Morgan fingerprint density at radius 3 is 2.11 bits per heavy atom. The van der Waals surface area contributed by atoms with Gasteiger partial charge in [0.05, 0.1) is 17.4 Å². The third-order valence-corrected chi connectivity index (χ3v) is 9.08. The van der Waals surface area contributed by atoms with E-state index in [1.54, 1.807) is 0 Å². The van der Waals surface area contributed by atoms with E-state index in [4.69, 9.17) is 14.5 Å². The first kappa shape index (κ1) is 26.8. The van der Waals surface area contributed by atoms with E-state index in [9.17, 15) is 29.6 Å². The number of ether oxygens (including phenoxy) is 2. The first-order valence-corrected chi connectivity index (χ1v) is 14.3. The van der Waals surface area contributed by atoms with Gasteiger partial charge in [0.15, 0.2) is 0 Å². The largest absolute Gasteiger partial charge is 0.388 e. The first-order chi connectivity index (χ1) is 16.8. The average Bonchev–Trinajstić information content (AvgIpc) is 3.09. The van der Waals surface area contributed by atoms with Gasteiger partial charge in [-0.05, 0) is 41.0 Å². The summed E-state index contributed by atoms with van der Waals surface area (Å²) < 4.78 is 79.1. The fourth-order valence-electron chi connectivity index (χ4n) is 6.02. The van der Waals surface area contributed by atoms with Gasteiger partial charge in [0, 0.05) is 42.9 Å². The van der Waals surface area contributed by atoms with E-state index < -0.39 is 44.4 Å². The molecule has 3 heterocycles. The van der Waals surface area contributed by atoms with E-state index >= 15 is 0 Å². The van der Waals surface area contributed by atoms with Gasteiger partial charge >= 0.3 is 10.2 Å². The number of nitrogens with zero attached hydrogens (tertiary/aromatic N) is 1. The Hall–Kier alpha value is -1.79. The van der Waals surface area contributed by atoms with Crippen molar-refractivity contribution in [2.24, 2.45) is 5.41 Å². The second kappa shape index (κ2) is 7.65. The van der Waals surface area contributed by atoms with Crippen LogP contribution in [0.2, 0.25) is 0 Å². The third kappa shape index (κ3) is 4.36. The number of aliphatic hydroxyl groups is 2. The molecule has 0 radical (unpaired) electrons. The highest BCUT2D eigenvalue weighted by molar-refractivity contribution is 8.45. The average molecular weight is 550 g/mol. The highest BCUT2D eigenvalue weighted by atomic mass is 32.5. The van der Waals surface area contributed by atoms with E-state index in [1.165, 1.54) is 0 Å². The minimum atomic E-state index is -9.83. The van der Waals surface area contributed by atoms with Crippen LogP contribution >= 0.6 is 10.2 Å². The van der Waals surface area contributed by atoms with Gasteiger partial charge in [-0.3, -0.25) is 4.98 Å². The summed E-state index contributed by atoms with van der Waals surface area (Å²) in [4.78, 5) is 2.87. The van der Waals surface area contributed by atoms with Crippen molar-refractivity contribution in [3.05, 3.63) is 57.9 Å². The Morgan fingerprint density at radius 2 is 1.57 bits per heavy atom. The second-order valence-corrected chi connectivity index (χ2v) is 13.9. The SMILES string of the molecule is CC(C)c1nc2c(c3c1C(c1ccc(S(F)(F)(F)(F)F)cc1)OC31CCOCC1)C(O)CC(C)(C)C2O. The monoisotopic (exact) mass is 549 g/mol. The summed E-state index contributed by atoms with van der Waals surface area (Å²) in [5.41, 5.74) is 1.54. The molecular weight excluding hydrogens is 517 g/mol. The molecule has 0 bridgehead atoms. The number of aliphatic hydroxyl groups excluding tert-OH is 2. The van der Waals surface area contributed by atoms with E-state index in [0.29, 0.717) is 66.3 Å². The van der Waals surface area contributed by atoms with Gasteiger partial charge in [-0.25, -0.2) is 0 Å².